The van der Waals surface area contributed by atoms with E-state index in [2.05, 4.69) is 10.1 Å². The number of rotatable bonds is 4. The molecule has 0 spiro atoms. The molecule has 1 aliphatic carbocycles. The van der Waals surface area contributed by atoms with Crippen LogP contribution in [0.15, 0.2) is 34.9 Å². The van der Waals surface area contributed by atoms with Crippen LogP contribution in [0, 0.1) is 0 Å². The molecule has 0 saturated carbocycles. The molecule has 1 saturated heterocycles. The van der Waals surface area contributed by atoms with Gasteiger partial charge in [0.2, 0.25) is 0 Å². The number of aliphatic hydroxyl groups is 1. The van der Waals surface area contributed by atoms with Crippen LogP contribution in [0.5, 0.6) is 0 Å². The van der Waals surface area contributed by atoms with Crippen molar-refractivity contribution in [3.05, 3.63) is 59.0 Å². The molecule has 1 aromatic carbocycles. The number of β-amino-alcohol motifs (C(OH)–C–C–N with tert-alkyl or cyclic N) is 1. The highest BCUT2D eigenvalue weighted by atomic mass is 16.5. The molecule has 1 amide bonds. The van der Waals surface area contributed by atoms with E-state index in [9.17, 15) is 9.90 Å². The van der Waals surface area contributed by atoms with Crippen LogP contribution in [0.25, 0.3) is 5.69 Å². The first kappa shape index (κ1) is 20.9. The van der Waals surface area contributed by atoms with Crippen LogP contribution in [0.4, 0.5) is 0 Å². The van der Waals surface area contributed by atoms with Crippen molar-refractivity contribution in [1.29, 1.82) is 0 Å². The SMILES string of the molecule is CC(C)c1noc([C@]2(O)CCN(C(=O)c3nn(-c4ccccc4)c4c3CCCCC4)C2)n1. The Labute approximate surface area is 187 Å². The Kier molecular flexibility index (Phi) is 5.33. The number of amides is 1. The van der Waals surface area contributed by atoms with E-state index in [0.29, 0.717) is 24.5 Å². The predicted octanol–water partition coefficient (Wildman–Crippen LogP) is 3.38. The summed E-state index contributed by atoms with van der Waals surface area (Å²) in [6.07, 6.45) is 5.42. The number of likely N-dealkylation sites (tertiary alicyclic amines) is 1. The van der Waals surface area contributed by atoms with E-state index >= 15 is 0 Å². The van der Waals surface area contributed by atoms with Gasteiger partial charge in [-0.25, -0.2) is 4.68 Å². The number of nitrogens with zero attached hydrogens (tertiary/aromatic N) is 5. The fourth-order valence-corrected chi connectivity index (χ4v) is 4.68. The maximum atomic E-state index is 13.6. The Hall–Kier alpha value is -3.00. The molecule has 3 aromatic rings. The van der Waals surface area contributed by atoms with Gasteiger partial charge in [0.15, 0.2) is 17.1 Å². The Bertz CT molecular complexity index is 1120. The molecule has 5 rings (SSSR count). The molecule has 2 aromatic heterocycles. The maximum absolute atomic E-state index is 13.6. The van der Waals surface area contributed by atoms with Gasteiger partial charge in [0.25, 0.3) is 11.8 Å². The van der Waals surface area contributed by atoms with Gasteiger partial charge in [-0.2, -0.15) is 10.1 Å². The van der Waals surface area contributed by atoms with E-state index in [1.807, 2.05) is 48.9 Å². The molecule has 0 bridgehead atoms. The van der Waals surface area contributed by atoms with Crippen LogP contribution in [0.2, 0.25) is 0 Å². The van der Waals surface area contributed by atoms with Crippen LogP contribution >= 0.6 is 0 Å². The molecule has 1 N–H and O–H groups in total. The third kappa shape index (κ3) is 3.62. The zero-order valence-corrected chi connectivity index (χ0v) is 18.6. The van der Waals surface area contributed by atoms with Gasteiger partial charge in [-0.05, 0) is 37.8 Å². The fraction of sp³-hybridized carbons (Fsp3) is 0.500. The summed E-state index contributed by atoms with van der Waals surface area (Å²) >= 11 is 0. The fourth-order valence-electron chi connectivity index (χ4n) is 4.68. The molecule has 3 heterocycles. The Morgan fingerprint density at radius 3 is 2.69 bits per heavy atom. The average molecular weight is 436 g/mol. The van der Waals surface area contributed by atoms with Crippen molar-refractivity contribution in [1.82, 2.24) is 24.8 Å². The Balaban J connectivity index is 1.45. The minimum absolute atomic E-state index is 0.104. The standard InChI is InChI=1S/C24H29N5O3/c1-16(2)21-25-23(32-27-21)24(31)13-14-28(15-24)22(30)20-18-11-7-4-8-12-19(18)29(26-20)17-9-5-3-6-10-17/h3,5-6,9-10,16,31H,4,7-8,11-15H2,1-2H3/t24-/m0/s1. The zero-order valence-electron chi connectivity index (χ0n) is 18.6. The van der Waals surface area contributed by atoms with Gasteiger partial charge >= 0.3 is 0 Å². The molecule has 2 aliphatic rings. The van der Waals surface area contributed by atoms with Crippen LogP contribution in [0.1, 0.15) is 78.9 Å². The molecule has 0 radical (unpaired) electrons. The van der Waals surface area contributed by atoms with E-state index in [0.717, 1.165) is 49.0 Å². The van der Waals surface area contributed by atoms with Crippen LogP contribution < -0.4 is 0 Å². The lowest BCUT2D eigenvalue weighted by atomic mass is 10.0. The third-order valence-electron chi connectivity index (χ3n) is 6.52. The first-order valence-electron chi connectivity index (χ1n) is 11.5. The monoisotopic (exact) mass is 435 g/mol. The third-order valence-corrected chi connectivity index (χ3v) is 6.52. The summed E-state index contributed by atoms with van der Waals surface area (Å²) in [6, 6.07) is 9.98. The van der Waals surface area contributed by atoms with Crippen molar-refractivity contribution in [2.75, 3.05) is 13.1 Å². The number of aromatic nitrogens is 4. The lowest BCUT2D eigenvalue weighted by Gasteiger charge is -2.19. The first-order chi connectivity index (χ1) is 15.5. The highest BCUT2D eigenvalue weighted by molar-refractivity contribution is 5.94. The van der Waals surface area contributed by atoms with Gasteiger partial charge < -0.3 is 14.5 Å². The van der Waals surface area contributed by atoms with E-state index in [4.69, 9.17) is 9.62 Å². The molecule has 168 valence electrons. The van der Waals surface area contributed by atoms with Crippen LogP contribution in [-0.4, -0.2) is 48.9 Å². The lowest BCUT2D eigenvalue weighted by Crippen LogP contribution is -2.35. The van der Waals surface area contributed by atoms with E-state index < -0.39 is 5.60 Å². The number of fused-ring (bicyclic) bond motifs is 1. The van der Waals surface area contributed by atoms with Gasteiger partial charge in [0.05, 0.1) is 12.2 Å². The van der Waals surface area contributed by atoms with Crippen molar-refractivity contribution in [2.45, 2.75) is 63.9 Å². The summed E-state index contributed by atoms with van der Waals surface area (Å²) in [6.45, 7) is 4.48. The minimum atomic E-state index is -1.32. The smallest absolute Gasteiger partial charge is 0.274 e. The van der Waals surface area contributed by atoms with E-state index in [1.165, 1.54) is 0 Å². The summed E-state index contributed by atoms with van der Waals surface area (Å²) in [5, 5.41) is 19.9. The second-order valence-corrected chi connectivity index (χ2v) is 9.20. The van der Waals surface area contributed by atoms with Crippen LogP contribution in [0.3, 0.4) is 0 Å². The number of hydrogen-bond acceptors (Lipinski definition) is 6. The maximum Gasteiger partial charge on any atom is 0.274 e. The molecular formula is C24H29N5O3. The van der Waals surface area contributed by atoms with Crippen molar-refractivity contribution in [3.8, 4) is 5.69 Å². The second-order valence-electron chi connectivity index (χ2n) is 9.20. The number of para-hydroxylation sites is 1. The molecule has 8 heteroatoms. The Morgan fingerprint density at radius 1 is 1.16 bits per heavy atom. The van der Waals surface area contributed by atoms with Gasteiger partial charge in [0.1, 0.15) is 0 Å². The van der Waals surface area contributed by atoms with Crippen molar-refractivity contribution >= 4 is 5.91 Å². The number of benzene rings is 1. The topological polar surface area (TPSA) is 97.3 Å². The summed E-state index contributed by atoms with van der Waals surface area (Å²) in [4.78, 5) is 19.6. The van der Waals surface area contributed by atoms with Crippen molar-refractivity contribution < 1.29 is 14.4 Å². The summed E-state index contributed by atoms with van der Waals surface area (Å²) in [5.74, 6) is 0.709. The van der Waals surface area contributed by atoms with Gasteiger partial charge in [0, 0.05) is 30.1 Å². The molecule has 1 fully saturated rings. The summed E-state index contributed by atoms with van der Waals surface area (Å²) < 4.78 is 7.28. The van der Waals surface area contributed by atoms with Gasteiger partial charge in [-0.15, -0.1) is 0 Å². The molecule has 1 atom stereocenters. The quantitative estimate of drug-likeness (QED) is 0.631. The van der Waals surface area contributed by atoms with Crippen molar-refractivity contribution in [3.63, 3.8) is 0 Å². The second kappa shape index (κ2) is 8.16. The lowest BCUT2D eigenvalue weighted by molar-refractivity contribution is 0.0135. The largest absolute Gasteiger partial charge is 0.378 e. The van der Waals surface area contributed by atoms with E-state index in [-0.39, 0.29) is 24.3 Å². The molecule has 8 nitrogen and oxygen atoms in total. The van der Waals surface area contributed by atoms with Gasteiger partial charge in [-0.3, -0.25) is 4.79 Å². The molecule has 1 aliphatic heterocycles. The van der Waals surface area contributed by atoms with Crippen molar-refractivity contribution in [2.24, 2.45) is 0 Å². The highest BCUT2D eigenvalue weighted by Gasteiger charge is 2.45. The van der Waals surface area contributed by atoms with E-state index in [1.54, 1.807) is 4.90 Å². The number of carbonyl (C=O) groups is 1. The predicted molar refractivity (Wildman–Crippen MR) is 118 cm³/mol. The number of hydrogen-bond donors (Lipinski definition) is 1. The molecule has 0 unspecified atom stereocenters. The highest BCUT2D eigenvalue weighted by Crippen LogP contribution is 2.34. The minimum Gasteiger partial charge on any atom is -0.378 e. The normalized spacial score (nSPS) is 21.1. The first-order valence-corrected chi connectivity index (χ1v) is 11.5. The number of carbonyl (C=O) groups excluding carboxylic acids is 1. The molecule has 32 heavy (non-hydrogen) atoms. The zero-order chi connectivity index (χ0) is 22.3. The average Bonchev–Trinajstić information content (AvgIpc) is 3.49. The summed E-state index contributed by atoms with van der Waals surface area (Å²) in [7, 11) is 0. The van der Waals surface area contributed by atoms with Crippen LogP contribution in [-0.2, 0) is 18.4 Å². The Morgan fingerprint density at radius 2 is 1.94 bits per heavy atom. The molecular weight excluding hydrogens is 406 g/mol. The van der Waals surface area contributed by atoms with Gasteiger partial charge in [-0.1, -0.05) is 43.6 Å². The summed E-state index contributed by atoms with van der Waals surface area (Å²) in [5.41, 5.74) is 2.32.